The molecule has 3 aliphatic rings. The number of likely N-dealkylation sites (N-methyl/N-ethyl adjacent to an activating group) is 1. The number of alkyl carbamates (subject to hydrolysis) is 1. The monoisotopic (exact) mass is 747 g/mol. The van der Waals surface area contributed by atoms with Crippen LogP contribution in [0.4, 0.5) is 10.5 Å². The Morgan fingerprint density at radius 2 is 1.88 bits per heavy atom. The Morgan fingerprint density at radius 3 is 2.48 bits per heavy atom. The maximum atomic E-state index is 14.2. The number of nitrogens with one attached hydrogen (secondary N) is 1. The van der Waals surface area contributed by atoms with Crippen molar-refractivity contribution in [3.63, 3.8) is 0 Å². The molecule has 4 bridgehead atoms. The van der Waals surface area contributed by atoms with Gasteiger partial charge < -0.3 is 43.3 Å². The van der Waals surface area contributed by atoms with E-state index in [0.717, 1.165) is 5.57 Å². The Hall–Kier alpha value is -3.95. The number of hydrogen-bond donors (Lipinski definition) is 2. The summed E-state index contributed by atoms with van der Waals surface area (Å²) in [4.78, 5) is 55.8. The van der Waals surface area contributed by atoms with Crippen LogP contribution in [0.1, 0.15) is 59.1 Å². The van der Waals surface area contributed by atoms with Crippen molar-refractivity contribution in [3.8, 4) is 5.75 Å². The summed E-state index contributed by atoms with van der Waals surface area (Å²) in [5.74, 6) is -1.96. The number of esters is 1. The zero-order valence-corrected chi connectivity index (χ0v) is 32.1. The van der Waals surface area contributed by atoms with Crippen molar-refractivity contribution in [2.45, 2.75) is 95.3 Å². The Kier molecular flexibility index (Phi) is 12.5. The minimum Gasteiger partial charge on any atom is -0.495 e. The van der Waals surface area contributed by atoms with Crippen LogP contribution >= 0.6 is 11.6 Å². The first-order valence-corrected chi connectivity index (χ1v) is 17.3. The maximum Gasteiger partial charge on any atom is 0.409 e. The van der Waals surface area contributed by atoms with Gasteiger partial charge in [0.25, 0.3) is 0 Å². The van der Waals surface area contributed by atoms with Crippen molar-refractivity contribution in [3.05, 3.63) is 58.7 Å². The van der Waals surface area contributed by atoms with E-state index in [1.807, 2.05) is 6.92 Å². The van der Waals surface area contributed by atoms with Gasteiger partial charge in [0.05, 0.1) is 25.3 Å². The number of anilines is 1. The minimum absolute atomic E-state index is 0.0802. The molecule has 0 aromatic heterocycles. The number of hydrogen-bond acceptors (Lipinski definition) is 11. The van der Waals surface area contributed by atoms with E-state index in [0.29, 0.717) is 17.0 Å². The number of halogens is 1. The van der Waals surface area contributed by atoms with Gasteiger partial charge in [0.2, 0.25) is 11.8 Å². The summed E-state index contributed by atoms with van der Waals surface area (Å²) in [6.07, 6.45) is -0.549. The molecule has 0 saturated carbocycles. The average molecular weight is 748 g/mol. The summed E-state index contributed by atoms with van der Waals surface area (Å²) in [6, 6.07) is 2.38. The van der Waals surface area contributed by atoms with Crippen molar-refractivity contribution >= 4 is 41.2 Å². The number of amides is 3. The van der Waals surface area contributed by atoms with E-state index in [9.17, 15) is 24.3 Å². The lowest BCUT2D eigenvalue weighted by Crippen LogP contribution is -2.63. The highest BCUT2D eigenvalue weighted by molar-refractivity contribution is 6.35. The fourth-order valence-corrected chi connectivity index (χ4v) is 7.09. The molecule has 286 valence electrons. The number of nitrogens with zero attached hydrogens (tertiary/aromatic N) is 2. The molecule has 15 heteroatoms. The maximum absolute atomic E-state index is 14.2. The van der Waals surface area contributed by atoms with Crippen LogP contribution < -0.4 is 15.0 Å². The van der Waals surface area contributed by atoms with Crippen molar-refractivity contribution < 1.29 is 52.7 Å². The van der Waals surface area contributed by atoms with Crippen molar-refractivity contribution in [2.75, 3.05) is 40.3 Å². The normalized spacial score (nSPS) is 32.9. The Balaban J connectivity index is 1.84. The third-order valence-electron chi connectivity index (χ3n) is 10.2. The second kappa shape index (κ2) is 16.0. The molecule has 0 aliphatic carbocycles. The van der Waals surface area contributed by atoms with E-state index in [2.05, 4.69) is 11.9 Å². The quantitative estimate of drug-likeness (QED) is 0.233. The number of allylic oxidation sites excluding steroid dienone is 2. The van der Waals surface area contributed by atoms with Crippen LogP contribution in [0.3, 0.4) is 0 Å². The number of ether oxygens (including phenoxy) is 6. The molecule has 52 heavy (non-hydrogen) atoms. The number of carbonyl (C=O) groups is 4. The van der Waals surface area contributed by atoms with Gasteiger partial charge in [-0.25, -0.2) is 9.59 Å². The zero-order chi connectivity index (χ0) is 38.9. The van der Waals surface area contributed by atoms with Crippen LogP contribution in [0.5, 0.6) is 5.75 Å². The number of epoxide rings is 1. The molecule has 3 aliphatic heterocycles. The van der Waals surface area contributed by atoms with Crippen molar-refractivity contribution in [1.29, 1.82) is 0 Å². The van der Waals surface area contributed by atoms with Crippen LogP contribution in [0.25, 0.3) is 0 Å². The number of methoxy groups -OCH3 is 3. The highest BCUT2D eigenvalue weighted by atomic mass is 35.5. The van der Waals surface area contributed by atoms with E-state index in [1.54, 1.807) is 51.3 Å². The average Bonchev–Trinajstić information content (AvgIpc) is 3.79. The van der Waals surface area contributed by atoms with E-state index in [1.165, 1.54) is 52.0 Å². The zero-order valence-electron chi connectivity index (χ0n) is 31.4. The molecule has 0 radical (unpaired) electrons. The molecule has 0 spiro atoms. The minimum atomic E-state index is -1.87. The number of benzene rings is 1. The fourth-order valence-electron chi connectivity index (χ4n) is 6.77. The van der Waals surface area contributed by atoms with Crippen molar-refractivity contribution in [1.82, 2.24) is 10.2 Å². The van der Waals surface area contributed by atoms with Gasteiger partial charge in [-0.15, -0.1) is 0 Å². The number of carbonyl (C=O) groups excluding carboxylic acids is 4. The largest absolute Gasteiger partial charge is 0.495 e. The van der Waals surface area contributed by atoms with Crippen LogP contribution in [-0.2, 0) is 38.1 Å². The smallest absolute Gasteiger partial charge is 0.409 e. The standard InChI is InChI=1S/C37H50ClN3O11/c1-19(2)33(43)40(7)22(5)34(44)51-28-17-29(42)41(8)24-15-23(16-25(47-9)30(24)38)31(49-11)20(3)13-12-14-27(48-10)37(46)18-26(50-35(45)39-37)21(4)32-36(28,6)52-32/h12-16,21-22,26-28,31-32,46H,1,17-18H2,2-11H3,(H,39,45)/b14-12+,20-13-. The van der Waals surface area contributed by atoms with Gasteiger partial charge in [0.15, 0.2) is 5.72 Å². The molecule has 9 atom stereocenters. The summed E-state index contributed by atoms with van der Waals surface area (Å²) in [5, 5.41) is 14.4. The molecule has 1 aromatic rings. The van der Waals surface area contributed by atoms with Crippen LogP contribution in [0, 0.1) is 5.92 Å². The summed E-state index contributed by atoms with van der Waals surface area (Å²) in [7, 11) is 7.40. The predicted octanol–water partition coefficient (Wildman–Crippen LogP) is 4.24. The Bertz CT molecular complexity index is 1650. The van der Waals surface area contributed by atoms with Gasteiger partial charge in [-0.05, 0) is 51.0 Å². The molecular weight excluding hydrogens is 698 g/mol. The molecular formula is C37H50ClN3O11. The summed E-state index contributed by atoms with van der Waals surface area (Å²) in [6.45, 7) is 12.0. The van der Waals surface area contributed by atoms with Crippen LogP contribution in [-0.4, -0.2) is 111 Å². The lowest BCUT2D eigenvalue weighted by atomic mass is 9.83. The third kappa shape index (κ3) is 8.16. The summed E-state index contributed by atoms with van der Waals surface area (Å²) in [5.41, 5.74) is -1.20. The van der Waals surface area contributed by atoms with Gasteiger partial charge in [-0.3, -0.25) is 14.9 Å². The SMILES string of the molecule is C=C(C)C(=O)N(C)C(C)C(=O)OC1CC(=O)N(C)c2cc(cc(OC)c2Cl)C(OC)/C(C)=C\C=C\C(OC)C2(O)CC(OC(=O)N2)C(C)C2OC12C. The van der Waals surface area contributed by atoms with E-state index in [4.69, 9.17) is 40.0 Å². The third-order valence-corrected chi connectivity index (χ3v) is 10.6. The summed E-state index contributed by atoms with van der Waals surface area (Å²) >= 11 is 6.78. The summed E-state index contributed by atoms with van der Waals surface area (Å²) < 4.78 is 35.0. The fraction of sp³-hybridized carbons (Fsp3) is 0.568. The van der Waals surface area contributed by atoms with Gasteiger partial charge >= 0.3 is 12.1 Å². The molecule has 2 N–H and O–H groups in total. The first kappa shape index (κ1) is 40.8. The van der Waals surface area contributed by atoms with Crippen molar-refractivity contribution in [2.24, 2.45) is 5.92 Å². The molecule has 3 heterocycles. The number of fused-ring (bicyclic) bond motifs is 5. The predicted molar refractivity (Wildman–Crippen MR) is 192 cm³/mol. The number of rotatable bonds is 7. The first-order valence-electron chi connectivity index (χ1n) is 16.9. The van der Waals surface area contributed by atoms with Crippen LogP contribution in [0.2, 0.25) is 5.02 Å². The molecule has 1 aromatic carbocycles. The molecule has 2 fully saturated rings. The van der Waals surface area contributed by atoms with Crippen LogP contribution in [0.15, 0.2) is 48.1 Å². The molecule has 4 rings (SSSR count). The Labute approximate surface area is 309 Å². The molecule has 2 saturated heterocycles. The lowest BCUT2D eigenvalue weighted by molar-refractivity contribution is -0.161. The van der Waals surface area contributed by atoms with Gasteiger partial charge in [0, 0.05) is 46.2 Å². The highest BCUT2D eigenvalue weighted by Gasteiger charge is 2.64. The molecule has 14 nitrogen and oxygen atoms in total. The Morgan fingerprint density at radius 1 is 1.21 bits per heavy atom. The lowest BCUT2D eigenvalue weighted by Gasteiger charge is -2.42. The van der Waals surface area contributed by atoms with E-state index in [-0.39, 0.29) is 23.4 Å². The first-order chi connectivity index (χ1) is 24.3. The van der Waals surface area contributed by atoms with Gasteiger partial charge in [-0.1, -0.05) is 43.3 Å². The highest BCUT2D eigenvalue weighted by Crippen LogP contribution is 2.49. The number of aliphatic hydroxyl groups is 1. The topological polar surface area (TPSA) is 166 Å². The van der Waals surface area contributed by atoms with E-state index < -0.39 is 77.7 Å². The van der Waals surface area contributed by atoms with Gasteiger partial charge in [-0.2, -0.15) is 0 Å². The van der Waals surface area contributed by atoms with E-state index >= 15 is 0 Å². The second-order valence-electron chi connectivity index (χ2n) is 13.9. The second-order valence-corrected chi connectivity index (χ2v) is 14.2. The molecule has 3 amide bonds. The molecule has 9 unspecified atom stereocenters. The van der Waals surface area contributed by atoms with Gasteiger partial charge in [0.1, 0.15) is 46.8 Å².